The van der Waals surface area contributed by atoms with Crippen LogP contribution >= 0.6 is 11.3 Å². The summed E-state index contributed by atoms with van der Waals surface area (Å²) >= 11 is 1.45. The van der Waals surface area contributed by atoms with E-state index in [2.05, 4.69) is 4.98 Å². The highest BCUT2D eigenvalue weighted by atomic mass is 32.1. The predicted molar refractivity (Wildman–Crippen MR) is 124 cm³/mol. The molecule has 0 aliphatic heterocycles. The van der Waals surface area contributed by atoms with Crippen LogP contribution in [0, 0.1) is 0 Å². The van der Waals surface area contributed by atoms with Gasteiger partial charge in [0.15, 0.2) is 16.6 Å². The Kier molecular flexibility index (Phi) is 6.55. The maximum absolute atomic E-state index is 13.7. The quantitative estimate of drug-likeness (QED) is 0.378. The molecule has 9 heteroatoms. The number of benzene rings is 2. The summed E-state index contributed by atoms with van der Waals surface area (Å²) < 4.78 is 19.3. The van der Waals surface area contributed by atoms with Crippen LogP contribution in [0.1, 0.15) is 16.8 Å². The van der Waals surface area contributed by atoms with Gasteiger partial charge in [-0.25, -0.2) is 9.97 Å². The Labute approximate surface area is 190 Å². The number of aromatic nitrogens is 3. The molecular formula is C23H24N4O4S. The van der Waals surface area contributed by atoms with Gasteiger partial charge in [-0.3, -0.25) is 9.69 Å². The van der Waals surface area contributed by atoms with Gasteiger partial charge in [0.25, 0.3) is 5.91 Å². The first-order chi connectivity index (χ1) is 15.7. The number of thiazole rings is 1. The zero-order chi connectivity index (χ0) is 22.5. The minimum Gasteiger partial charge on any atom is -0.494 e. The molecule has 0 N–H and O–H groups in total. The second kappa shape index (κ2) is 9.69. The number of carbonyl (C=O) groups excluding carboxylic acids is 1. The summed E-state index contributed by atoms with van der Waals surface area (Å²) in [4.78, 5) is 24.2. The van der Waals surface area contributed by atoms with Crippen LogP contribution < -0.4 is 19.1 Å². The third-order valence-corrected chi connectivity index (χ3v) is 6.10. The van der Waals surface area contributed by atoms with Crippen LogP contribution in [0.2, 0.25) is 0 Å². The summed E-state index contributed by atoms with van der Waals surface area (Å²) in [6.07, 6.45) is 6.13. The van der Waals surface area contributed by atoms with Crippen LogP contribution in [0.3, 0.4) is 0 Å². The third-order valence-electron chi connectivity index (χ3n) is 5.06. The molecule has 0 bridgehead atoms. The van der Waals surface area contributed by atoms with Crippen LogP contribution in [-0.4, -0.2) is 48.3 Å². The van der Waals surface area contributed by atoms with Crippen molar-refractivity contribution in [1.82, 2.24) is 14.5 Å². The van der Waals surface area contributed by atoms with E-state index in [4.69, 9.17) is 19.2 Å². The first-order valence-corrected chi connectivity index (χ1v) is 10.9. The number of amides is 1. The Morgan fingerprint density at radius 2 is 1.84 bits per heavy atom. The number of nitrogens with zero attached hydrogens (tertiary/aromatic N) is 4. The molecule has 0 aliphatic carbocycles. The number of aryl methyl sites for hydroxylation is 1. The Balaban J connectivity index is 1.71. The Morgan fingerprint density at radius 1 is 1.06 bits per heavy atom. The molecule has 0 aliphatic rings. The van der Waals surface area contributed by atoms with E-state index in [0.29, 0.717) is 34.5 Å². The van der Waals surface area contributed by atoms with Crippen molar-refractivity contribution >= 4 is 32.6 Å². The number of methoxy groups -OCH3 is 3. The fourth-order valence-electron chi connectivity index (χ4n) is 3.51. The lowest BCUT2D eigenvalue weighted by Gasteiger charge is -2.22. The van der Waals surface area contributed by atoms with Crippen LogP contribution in [0.25, 0.3) is 10.2 Å². The molecule has 0 saturated carbocycles. The summed E-state index contributed by atoms with van der Waals surface area (Å²) in [6.45, 7) is 1.20. The summed E-state index contributed by atoms with van der Waals surface area (Å²) in [5.74, 6) is 1.38. The number of rotatable bonds is 9. The molecule has 0 radical (unpaired) electrons. The number of para-hydroxylation sites is 2. The zero-order valence-corrected chi connectivity index (χ0v) is 19.0. The molecular weight excluding hydrogens is 428 g/mol. The van der Waals surface area contributed by atoms with Crippen LogP contribution in [0.4, 0.5) is 5.13 Å². The van der Waals surface area contributed by atoms with Crippen molar-refractivity contribution < 1.29 is 19.0 Å². The number of carbonyl (C=O) groups is 1. The SMILES string of the molecule is COc1cccc(C(=O)N(CCCn2ccnc2)c2nc3c(OC)cccc3s2)c1OC. The van der Waals surface area contributed by atoms with Gasteiger partial charge in [0.05, 0.1) is 37.9 Å². The second-order valence-electron chi connectivity index (χ2n) is 6.96. The molecule has 0 unspecified atom stereocenters. The molecule has 0 fully saturated rings. The molecule has 32 heavy (non-hydrogen) atoms. The molecule has 4 aromatic rings. The first kappa shape index (κ1) is 21.6. The van der Waals surface area contributed by atoms with Crippen LogP contribution in [0.15, 0.2) is 55.1 Å². The van der Waals surface area contributed by atoms with Gasteiger partial charge in [0.2, 0.25) is 0 Å². The van der Waals surface area contributed by atoms with E-state index in [1.807, 2.05) is 29.0 Å². The fourth-order valence-corrected chi connectivity index (χ4v) is 4.51. The Bertz CT molecular complexity index is 1210. The maximum Gasteiger partial charge on any atom is 0.263 e. The predicted octanol–water partition coefficient (Wildman–Crippen LogP) is 4.26. The largest absolute Gasteiger partial charge is 0.494 e. The van der Waals surface area contributed by atoms with Gasteiger partial charge in [-0.2, -0.15) is 0 Å². The van der Waals surface area contributed by atoms with Gasteiger partial charge in [-0.15, -0.1) is 0 Å². The molecule has 2 aromatic heterocycles. The number of ether oxygens (including phenoxy) is 3. The molecule has 2 heterocycles. The van der Waals surface area contributed by atoms with Crippen molar-refractivity contribution in [2.45, 2.75) is 13.0 Å². The van der Waals surface area contributed by atoms with Gasteiger partial charge >= 0.3 is 0 Å². The van der Waals surface area contributed by atoms with Crippen molar-refractivity contribution in [3.63, 3.8) is 0 Å². The van der Waals surface area contributed by atoms with Gasteiger partial charge in [0.1, 0.15) is 11.3 Å². The van der Waals surface area contributed by atoms with E-state index >= 15 is 0 Å². The highest BCUT2D eigenvalue weighted by Gasteiger charge is 2.26. The fraction of sp³-hybridized carbons (Fsp3) is 0.261. The summed E-state index contributed by atoms with van der Waals surface area (Å²) in [5.41, 5.74) is 1.15. The number of hydrogen-bond acceptors (Lipinski definition) is 7. The van der Waals surface area contributed by atoms with Crippen LogP contribution in [0.5, 0.6) is 17.2 Å². The maximum atomic E-state index is 13.7. The minimum atomic E-state index is -0.204. The lowest BCUT2D eigenvalue weighted by Crippen LogP contribution is -2.32. The van der Waals surface area contributed by atoms with E-state index in [-0.39, 0.29) is 5.91 Å². The topological polar surface area (TPSA) is 78.7 Å². The zero-order valence-electron chi connectivity index (χ0n) is 18.1. The number of imidazole rings is 1. The molecule has 0 atom stereocenters. The monoisotopic (exact) mass is 452 g/mol. The summed E-state index contributed by atoms with van der Waals surface area (Å²) in [7, 11) is 4.69. The van der Waals surface area contributed by atoms with Crippen molar-refractivity contribution in [3.05, 3.63) is 60.7 Å². The van der Waals surface area contributed by atoms with E-state index in [1.54, 1.807) is 49.8 Å². The summed E-state index contributed by atoms with van der Waals surface area (Å²) in [6, 6.07) is 11.0. The Morgan fingerprint density at radius 3 is 2.56 bits per heavy atom. The van der Waals surface area contributed by atoms with Crippen molar-refractivity contribution in [3.8, 4) is 17.2 Å². The summed E-state index contributed by atoms with van der Waals surface area (Å²) in [5, 5.41) is 0.602. The highest BCUT2D eigenvalue weighted by Crippen LogP contribution is 2.37. The molecule has 166 valence electrons. The van der Waals surface area contributed by atoms with Crippen LogP contribution in [-0.2, 0) is 6.54 Å². The van der Waals surface area contributed by atoms with E-state index in [0.717, 1.165) is 23.2 Å². The van der Waals surface area contributed by atoms with E-state index in [9.17, 15) is 4.79 Å². The standard InChI is InChI=1S/C23H24N4O4S/c1-29-17-8-5-10-19-20(17)25-23(32-19)27(13-6-12-26-14-11-24-15-26)22(28)16-7-4-9-18(30-2)21(16)31-3/h4-5,7-11,14-15H,6,12-13H2,1-3H3. The molecule has 4 rings (SSSR count). The van der Waals surface area contributed by atoms with Gasteiger partial charge in [0, 0.05) is 25.5 Å². The lowest BCUT2D eigenvalue weighted by molar-refractivity contribution is 0.0982. The molecule has 8 nitrogen and oxygen atoms in total. The first-order valence-electron chi connectivity index (χ1n) is 10.1. The van der Waals surface area contributed by atoms with Gasteiger partial charge < -0.3 is 18.8 Å². The smallest absolute Gasteiger partial charge is 0.263 e. The number of anilines is 1. The van der Waals surface area contributed by atoms with Crippen molar-refractivity contribution in [2.24, 2.45) is 0 Å². The number of fused-ring (bicyclic) bond motifs is 1. The molecule has 0 saturated heterocycles. The second-order valence-corrected chi connectivity index (χ2v) is 7.96. The third kappa shape index (κ3) is 4.24. The molecule has 2 aromatic carbocycles. The normalized spacial score (nSPS) is 10.8. The number of hydrogen-bond donors (Lipinski definition) is 0. The van der Waals surface area contributed by atoms with Gasteiger partial charge in [-0.05, 0) is 30.7 Å². The van der Waals surface area contributed by atoms with Crippen molar-refractivity contribution in [2.75, 3.05) is 32.8 Å². The van der Waals surface area contributed by atoms with E-state index in [1.165, 1.54) is 18.4 Å². The average Bonchev–Trinajstić information content (AvgIpc) is 3.50. The van der Waals surface area contributed by atoms with E-state index < -0.39 is 0 Å². The molecule has 0 spiro atoms. The lowest BCUT2D eigenvalue weighted by atomic mass is 10.1. The van der Waals surface area contributed by atoms with Gasteiger partial charge in [-0.1, -0.05) is 23.5 Å². The minimum absolute atomic E-state index is 0.204. The molecule has 1 amide bonds. The average molecular weight is 453 g/mol. The van der Waals surface area contributed by atoms with Crippen molar-refractivity contribution in [1.29, 1.82) is 0 Å². The highest BCUT2D eigenvalue weighted by molar-refractivity contribution is 7.22. The Hall–Kier alpha value is -3.59.